The fourth-order valence-corrected chi connectivity index (χ4v) is 2.78. The maximum Gasteiger partial charge on any atom is 0.158 e. The van der Waals surface area contributed by atoms with Crippen LogP contribution in [0.4, 0.5) is 0 Å². The first-order chi connectivity index (χ1) is 8.49. The third kappa shape index (κ3) is 2.27. The maximum atomic E-state index is 12.4. The molecule has 0 bridgehead atoms. The molecule has 0 aromatic rings. The molecule has 0 radical (unpaired) electrons. The molecule has 108 valence electrons. The van der Waals surface area contributed by atoms with Crippen LogP contribution in [-0.4, -0.2) is 28.6 Å². The van der Waals surface area contributed by atoms with Gasteiger partial charge in [-0.2, -0.15) is 0 Å². The number of hydrogen-bond donors (Lipinski definition) is 1. The van der Waals surface area contributed by atoms with Crippen molar-refractivity contribution < 1.29 is 19.5 Å². The fraction of sp³-hybridized carbons (Fsp3) is 0.800. The molecular weight excluding hydrogens is 244 g/mol. The van der Waals surface area contributed by atoms with Gasteiger partial charge in [-0.25, -0.2) is 0 Å². The Hall–Kier alpha value is -1.03. The molecule has 1 aliphatic rings. The van der Waals surface area contributed by atoms with E-state index in [9.17, 15) is 19.5 Å². The molecule has 0 saturated heterocycles. The van der Waals surface area contributed by atoms with Gasteiger partial charge in [0.2, 0.25) is 0 Å². The van der Waals surface area contributed by atoms with Crippen LogP contribution in [0.25, 0.3) is 0 Å². The van der Waals surface area contributed by atoms with Crippen molar-refractivity contribution in [2.45, 2.75) is 54.1 Å². The highest BCUT2D eigenvalue weighted by atomic mass is 16.3. The van der Waals surface area contributed by atoms with E-state index in [1.807, 2.05) is 13.8 Å². The largest absolute Gasteiger partial charge is 0.392 e. The second kappa shape index (κ2) is 4.82. The average molecular weight is 268 g/mol. The van der Waals surface area contributed by atoms with E-state index in [0.29, 0.717) is 6.42 Å². The number of ketones is 3. The molecule has 1 saturated carbocycles. The lowest BCUT2D eigenvalue weighted by Crippen LogP contribution is -2.60. The summed E-state index contributed by atoms with van der Waals surface area (Å²) in [5.74, 6) is -2.50. The highest BCUT2D eigenvalue weighted by Crippen LogP contribution is 2.42. The zero-order chi connectivity index (χ0) is 15.2. The van der Waals surface area contributed by atoms with Gasteiger partial charge in [0, 0.05) is 0 Å². The lowest BCUT2D eigenvalue weighted by molar-refractivity contribution is -0.164. The summed E-state index contributed by atoms with van der Waals surface area (Å²) in [4.78, 5) is 37.1. The van der Waals surface area contributed by atoms with E-state index in [1.54, 1.807) is 27.7 Å². The van der Waals surface area contributed by atoms with Gasteiger partial charge in [-0.3, -0.25) is 14.4 Å². The standard InChI is InChI=1S/C15H24O4/c1-7-8(2)10(16)9-11(17)14(3,4)13(19)15(5,6)12(9)18/h8-10,16H,7H2,1-6H3. The number of aliphatic hydroxyl groups is 1. The second-order valence-corrected chi connectivity index (χ2v) is 6.66. The summed E-state index contributed by atoms with van der Waals surface area (Å²) >= 11 is 0. The number of carbonyl (C=O) groups is 3. The lowest BCUT2D eigenvalue weighted by atomic mass is 9.57. The maximum absolute atomic E-state index is 12.4. The quantitative estimate of drug-likeness (QED) is 0.792. The lowest BCUT2D eigenvalue weighted by Gasteiger charge is -2.42. The average Bonchev–Trinajstić information content (AvgIpc) is 2.34. The van der Waals surface area contributed by atoms with Crippen LogP contribution in [0, 0.1) is 22.7 Å². The van der Waals surface area contributed by atoms with Crippen molar-refractivity contribution in [3.05, 3.63) is 0 Å². The van der Waals surface area contributed by atoms with Gasteiger partial charge < -0.3 is 5.11 Å². The van der Waals surface area contributed by atoms with E-state index in [1.165, 1.54) is 0 Å². The van der Waals surface area contributed by atoms with Gasteiger partial charge in [0.15, 0.2) is 17.3 Å². The molecule has 0 spiro atoms. The molecule has 4 nitrogen and oxygen atoms in total. The SMILES string of the molecule is CCC(C)C(O)C1C(=O)C(C)(C)C(=O)C(C)(C)C1=O. The van der Waals surface area contributed by atoms with E-state index in [4.69, 9.17) is 0 Å². The van der Waals surface area contributed by atoms with Crippen molar-refractivity contribution in [3.63, 3.8) is 0 Å². The van der Waals surface area contributed by atoms with Crippen LogP contribution >= 0.6 is 0 Å². The Morgan fingerprint density at radius 3 is 1.74 bits per heavy atom. The molecule has 1 rings (SSSR count). The smallest absolute Gasteiger partial charge is 0.158 e. The fourth-order valence-electron chi connectivity index (χ4n) is 2.78. The number of aliphatic hydroxyl groups excluding tert-OH is 1. The zero-order valence-corrected chi connectivity index (χ0v) is 12.6. The Morgan fingerprint density at radius 2 is 1.42 bits per heavy atom. The molecular formula is C15H24O4. The molecule has 0 amide bonds. The summed E-state index contributed by atoms with van der Waals surface area (Å²) in [6, 6.07) is 0. The molecule has 19 heavy (non-hydrogen) atoms. The summed E-state index contributed by atoms with van der Waals surface area (Å²) in [7, 11) is 0. The number of hydrogen-bond acceptors (Lipinski definition) is 4. The van der Waals surface area contributed by atoms with Gasteiger partial charge in [0.1, 0.15) is 5.92 Å². The van der Waals surface area contributed by atoms with Crippen molar-refractivity contribution >= 4 is 17.3 Å². The minimum absolute atomic E-state index is 0.155. The monoisotopic (exact) mass is 268 g/mol. The van der Waals surface area contributed by atoms with Crippen LogP contribution in [0.2, 0.25) is 0 Å². The van der Waals surface area contributed by atoms with Crippen LogP contribution < -0.4 is 0 Å². The summed E-state index contributed by atoms with van der Waals surface area (Å²) in [5.41, 5.74) is -2.42. The Bertz CT molecular complexity index is 390. The van der Waals surface area contributed by atoms with Crippen LogP contribution in [0.3, 0.4) is 0 Å². The Kier molecular flexibility index (Phi) is 4.06. The molecule has 0 aromatic heterocycles. The molecule has 1 N–H and O–H groups in total. The van der Waals surface area contributed by atoms with Gasteiger partial charge >= 0.3 is 0 Å². The molecule has 2 unspecified atom stereocenters. The Balaban J connectivity index is 3.29. The van der Waals surface area contributed by atoms with Crippen molar-refractivity contribution in [1.82, 2.24) is 0 Å². The van der Waals surface area contributed by atoms with Gasteiger partial charge in [0.25, 0.3) is 0 Å². The predicted octanol–water partition coefficient (Wildman–Crippen LogP) is 1.78. The number of carbonyl (C=O) groups excluding carboxylic acids is 3. The Labute approximate surface area is 114 Å². The van der Waals surface area contributed by atoms with E-state index < -0.39 is 34.4 Å². The van der Waals surface area contributed by atoms with Crippen LogP contribution in [-0.2, 0) is 14.4 Å². The van der Waals surface area contributed by atoms with E-state index >= 15 is 0 Å². The topological polar surface area (TPSA) is 71.4 Å². The summed E-state index contributed by atoms with van der Waals surface area (Å²) in [6.07, 6.45) is -0.343. The first kappa shape index (κ1) is 16.0. The first-order valence-electron chi connectivity index (χ1n) is 6.81. The minimum Gasteiger partial charge on any atom is -0.392 e. The highest BCUT2D eigenvalue weighted by molar-refractivity contribution is 6.28. The molecule has 1 fully saturated rings. The number of rotatable bonds is 3. The molecule has 1 aliphatic carbocycles. The van der Waals surface area contributed by atoms with Crippen molar-refractivity contribution in [1.29, 1.82) is 0 Å². The number of Topliss-reactive ketones (excluding diaryl/α,β-unsaturated/α-hetero) is 3. The zero-order valence-electron chi connectivity index (χ0n) is 12.6. The third-order valence-corrected chi connectivity index (χ3v) is 4.50. The second-order valence-electron chi connectivity index (χ2n) is 6.66. The van der Waals surface area contributed by atoms with E-state index in [2.05, 4.69) is 0 Å². The summed E-state index contributed by atoms with van der Waals surface area (Å²) in [6.45, 7) is 9.88. The van der Waals surface area contributed by atoms with Gasteiger partial charge in [0.05, 0.1) is 16.9 Å². The molecule has 4 heteroatoms. The van der Waals surface area contributed by atoms with Crippen LogP contribution in [0.1, 0.15) is 48.0 Å². The van der Waals surface area contributed by atoms with Gasteiger partial charge in [-0.05, 0) is 33.6 Å². The molecule has 2 atom stereocenters. The van der Waals surface area contributed by atoms with Crippen LogP contribution in [0.15, 0.2) is 0 Å². The summed E-state index contributed by atoms with van der Waals surface area (Å²) < 4.78 is 0. The van der Waals surface area contributed by atoms with E-state index in [0.717, 1.165) is 0 Å². The first-order valence-corrected chi connectivity index (χ1v) is 6.81. The van der Waals surface area contributed by atoms with Crippen molar-refractivity contribution in [3.8, 4) is 0 Å². The highest BCUT2D eigenvalue weighted by Gasteiger charge is 2.59. The van der Waals surface area contributed by atoms with Crippen LogP contribution in [0.5, 0.6) is 0 Å². The summed E-state index contributed by atoms with van der Waals surface area (Å²) in [5, 5.41) is 10.3. The minimum atomic E-state index is -1.21. The van der Waals surface area contributed by atoms with Crippen molar-refractivity contribution in [2.75, 3.05) is 0 Å². The molecule has 0 aromatic carbocycles. The molecule has 0 heterocycles. The predicted molar refractivity (Wildman–Crippen MR) is 71.5 cm³/mol. The Morgan fingerprint density at radius 1 is 1.05 bits per heavy atom. The molecule has 0 aliphatic heterocycles. The van der Waals surface area contributed by atoms with Crippen molar-refractivity contribution in [2.24, 2.45) is 22.7 Å². The van der Waals surface area contributed by atoms with Gasteiger partial charge in [-0.1, -0.05) is 20.3 Å². The van der Waals surface area contributed by atoms with Gasteiger partial charge in [-0.15, -0.1) is 0 Å². The van der Waals surface area contributed by atoms with E-state index in [-0.39, 0.29) is 11.7 Å². The normalized spacial score (nSPS) is 26.4. The third-order valence-electron chi connectivity index (χ3n) is 4.50.